The van der Waals surface area contributed by atoms with Crippen molar-refractivity contribution < 1.29 is 9.53 Å². The zero-order valence-electron chi connectivity index (χ0n) is 8.56. The van der Waals surface area contributed by atoms with Crippen molar-refractivity contribution in [3.8, 4) is 0 Å². The molecular weight excluding hydrogens is 227 g/mol. The fourth-order valence-corrected chi connectivity index (χ4v) is 3.07. The first-order valence-electron chi connectivity index (χ1n) is 4.71. The van der Waals surface area contributed by atoms with Crippen LogP contribution >= 0.6 is 0 Å². The van der Waals surface area contributed by atoms with E-state index in [0.717, 1.165) is 5.21 Å². The van der Waals surface area contributed by atoms with Gasteiger partial charge in [0, 0.05) is 0 Å². The summed E-state index contributed by atoms with van der Waals surface area (Å²) in [7, 11) is 0. The summed E-state index contributed by atoms with van der Waals surface area (Å²) < 4.78 is 4.98. The van der Waals surface area contributed by atoms with E-state index in [1.165, 1.54) is 18.1 Å². The first kappa shape index (κ1) is 12.8. The molecule has 3 heteroatoms. The van der Waals surface area contributed by atoms with Crippen molar-refractivity contribution in [2.75, 3.05) is 6.61 Å². The Balaban J connectivity index is 3.16. The van der Waals surface area contributed by atoms with Crippen LogP contribution < -0.4 is 0 Å². The van der Waals surface area contributed by atoms with Crippen LogP contribution in [0.5, 0.6) is 0 Å². The van der Waals surface area contributed by atoms with Crippen molar-refractivity contribution in [1.29, 1.82) is 0 Å². The molecule has 0 aromatic carbocycles. The minimum atomic E-state index is -0.248. The van der Waals surface area contributed by atoms with E-state index >= 15 is 0 Å². The van der Waals surface area contributed by atoms with Gasteiger partial charge >= 0.3 is 87.1 Å². The van der Waals surface area contributed by atoms with Crippen LogP contribution in [-0.2, 0) is 9.53 Å². The Bertz CT molecular complexity index is 166. The summed E-state index contributed by atoms with van der Waals surface area (Å²) in [5.74, 6) is -0.248. The van der Waals surface area contributed by atoms with Gasteiger partial charge in [-0.2, -0.15) is 0 Å². The Hall–Kier alpha value is -0.232. The van der Waals surface area contributed by atoms with E-state index in [-0.39, 0.29) is 21.7 Å². The summed E-state index contributed by atoms with van der Waals surface area (Å²) in [6, 6.07) is 0. The third-order valence-electron chi connectivity index (χ3n) is 1.57. The maximum absolute atomic E-state index is 10.9. The van der Waals surface area contributed by atoms with Gasteiger partial charge in [-0.05, 0) is 0 Å². The third kappa shape index (κ3) is 8.11. The van der Waals surface area contributed by atoms with Crippen LogP contribution in [0.4, 0.5) is 0 Å². The van der Waals surface area contributed by atoms with E-state index in [1.54, 1.807) is 6.92 Å². The number of ether oxygens (including phenoxy) is 1. The van der Waals surface area contributed by atoms with Gasteiger partial charge in [-0.3, -0.25) is 0 Å². The van der Waals surface area contributed by atoms with E-state index in [1.807, 2.05) is 0 Å². The Morgan fingerprint density at radius 2 is 2.15 bits per heavy atom. The molecule has 0 spiro atoms. The molecule has 2 nitrogen and oxygen atoms in total. The maximum atomic E-state index is 10.9. The molecule has 0 rings (SSSR count). The predicted molar refractivity (Wildman–Crippen MR) is 57.4 cm³/mol. The van der Waals surface area contributed by atoms with Gasteiger partial charge in [0.05, 0.1) is 0 Å². The van der Waals surface area contributed by atoms with Crippen LogP contribution in [0.15, 0.2) is 12.2 Å². The van der Waals surface area contributed by atoms with E-state index in [9.17, 15) is 4.79 Å². The fraction of sp³-hybridized carbons (Fsp3) is 0.700. The molecular formula is C10H19AsO2. The average molecular weight is 246 g/mol. The van der Waals surface area contributed by atoms with Gasteiger partial charge in [0.25, 0.3) is 0 Å². The van der Waals surface area contributed by atoms with E-state index in [2.05, 4.69) is 13.5 Å². The molecule has 0 saturated heterocycles. The van der Waals surface area contributed by atoms with Gasteiger partial charge in [-0.15, -0.1) is 0 Å². The van der Waals surface area contributed by atoms with Crippen molar-refractivity contribution in [1.82, 2.24) is 0 Å². The molecule has 0 aromatic rings. The fourth-order valence-electron chi connectivity index (χ4n) is 0.766. The zero-order chi connectivity index (χ0) is 10.1. The molecule has 0 aliphatic carbocycles. The summed E-state index contributed by atoms with van der Waals surface area (Å²) >= 11 is 0.138. The van der Waals surface area contributed by atoms with Crippen LogP contribution in [0.1, 0.15) is 26.7 Å². The number of carbonyl (C=O) groups excluding carboxylic acids is 1. The normalized spacial score (nSPS) is 10.6. The first-order chi connectivity index (χ1) is 6.18. The molecule has 0 aliphatic rings. The van der Waals surface area contributed by atoms with Crippen LogP contribution in [0.25, 0.3) is 0 Å². The molecule has 0 bridgehead atoms. The van der Waals surface area contributed by atoms with Gasteiger partial charge in [0.2, 0.25) is 0 Å². The van der Waals surface area contributed by atoms with Crippen molar-refractivity contribution in [2.45, 2.75) is 37.1 Å². The molecule has 1 unspecified atom stereocenters. The number of esters is 1. The summed E-state index contributed by atoms with van der Waals surface area (Å²) in [5.41, 5.74) is 0.494. The van der Waals surface area contributed by atoms with Crippen molar-refractivity contribution >= 4 is 21.7 Å². The Morgan fingerprint density at radius 1 is 1.46 bits per heavy atom. The molecule has 13 heavy (non-hydrogen) atoms. The standard InChI is InChI=1S/C10H19AsO2/c1-4-5-6-11-7-8-13-10(12)9(2)3/h11H,2,4-8H2,1,3H3. The number of unbranched alkanes of at least 4 members (excludes halogenated alkanes) is 1. The van der Waals surface area contributed by atoms with Gasteiger partial charge in [-0.1, -0.05) is 0 Å². The molecule has 0 amide bonds. The second kappa shape index (κ2) is 8.37. The molecule has 0 aliphatic heterocycles. The van der Waals surface area contributed by atoms with Crippen LogP contribution in [0, 0.1) is 0 Å². The van der Waals surface area contributed by atoms with E-state index in [0.29, 0.717) is 12.2 Å². The number of carbonyl (C=O) groups is 1. The van der Waals surface area contributed by atoms with Crippen LogP contribution in [-0.4, -0.2) is 28.3 Å². The van der Waals surface area contributed by atoms with Crippen molar-refractivity contribution in [3.05, 3.63) is 12.2 Å². The summed E-state index contributed by atoms with van der Waals surface area (Å²) in [5, 5.41) is 2.46. The molecule has 0 radical (unpaired) electrons. The Kier molecular flexibility index (Phi) is 8.22. The molecule has 0 heterocycles. The molecule has 1 atom stereocenters. The Morgan fingerprint density at radius 3 is 2.69 bits per heavy atom. The average Bonchev–Trinajstić information content (AvgIpc) is 2.10. The topological polar surface area (TPSA) is 26.3 Å². The molecule has 0 N–H and O–H groups in total. The van der Waals surface area contributed by atoms with Crippen LogP contribution in [0.3, 0.4) is 0 Å². The Labute approximate surface area is 87.4 Å². The van der Waals surface area contributed by atoms with Crippen molar-refractivity contribution in [3.63, 3.8) is 0 Å². The van der Waals surface area contributed by atoms with Gasteiger partial charge in [0.1, 0.15) is 0 Å². The number of hydrogen-bond donors (Lipinski definition) is 0. The van der Waals surface area contributed by atoms with E-state index in [4.69, 9.17) is 4.74 Å². The second-order valence-electron chi connectivity index (χ2n) is 3.02. The molecule has 76 valence electrons. The van der Waals surface area contributed by atoms with Gasteiger partial charge in [-0.25, -0.2) is 0 Å². The zero-order valence-corrected chi connectivity index (χ0v) is 10.7. The quantitative estimate of drug-likeness (QED) is 0.298. The monoisotopic (exact) mass is 246 g/mol. The summed E-state index contributed by atoms with van der Waals surface area (Å²) in [6.07, 6.45) is 2.60. The molecule has 0 aromatic heterocycles. The predicted octanol–water partition coefficient (Wildman–Crippen LogP) is 2.18. The second-order valence-corrected chi connectivity index (χ2v) is 6.17. The van der Waals surface area contributed by atoms with Crippen LogP contribution in [0.2, 0.25) is 10.4 Å². The minimum absolute atomic E-state index is 0.138. The number of rotatable bonds is 7. The van der Waals surface area contributed by atoms with E-state index < -0.39 is 0 Å². The van der Waals surface area contributed by atoms with Gasteiger partial charge in [0.15, 0.2) is 0 Å². The van der Waals surface area contributed by atoms with Gasteiger partial charge < -0.3 is 0 Å². The third-order valence-corrected chi connectivity index (χ3v) is 4.22. The molecule has 0 saturated carbocycles. The van der Waals surface area contributed by atoms with Crippen molar-refractivity contribution in [2.24, 2.45) is 0 Å². The summed E-state index contributed by atoms with van der Waals surface area (Å²) in [6.45, 7) is 7.99. The molecule has 0 fully saturated rings. The SMILES string of the molecule is C=C(C)C(=O)OCC[AsH]CCCC. The number of hydrogen-bond acceptors (Lipinski definition) is 2. The first-order valence-corrected chi connectivity index (χ1v) is 7.68. The summed E-state index contributed by atoms with van der Waals surface area (Å²) in [4.78, 5) is 10.9.